The van der Waals surface area contributed by atoms with Crippen LogP contribution in [0.4, 0.5) is 10.7 Å². The summed E-state index contributed by atoms with van der Waals surface area (Å²) in [6.07, 6.45) is 0. The first kappa shape index (κ1) is 19.5. The summed E-state index contributed by atoms with van der Waals surface area (Å²) in [7, 11) is 1.53. The third-order valence-corrected chi connectivity index (χ3v) is 4.69. The summed E-state index contributed by atoms with van der Waals surface area (Å²) < 4.78 is 10.2. The monoisotopic (exact) mass is 376 g/mol. The lowest BCUT2D eigenvalue weighted by atomic mass is 10.1. The number of carbonyl (C=O) groups excluding carboxylic acids is 3. The van der Waals surface area contributed by atoms with Gasteiger partial charge in [0.2, 0.25) is 5.91 Å². The quantitative estimate of drug-likeness (QED) is 0.756. The lowest BCUT2D eigenvalue weighted by molar-refractivity contribution is -0.119. The molecule has 1 heterocycles. The van der Waals surface area contributed by atoms with Crippen molar-refractivity contribution in [1.29, 1.82) is 0 Å². The van der Waals surface area contributed by atoms with Gasteiger partial charge in [0, 0.05) is 23.6 Å². The molecule has 0 spiro atoms. The van der Waals surface area contributed by atoms with E-state index in [2.05, 4.69) is 10.6 Å². The molecule has 0 fully saturated rings. The number of thiophene rings is 1. The number of benzene rings is 1. The second kappa shape index (κ2) is 8.48. The molecule has 1 aromatic heterocycles. The first-order chi connectivity index (χ1) is 12.3. The van der Waals surface area contributed by atoms with E-state index in [0.29, 0.717) is 16.4 Å². The van der Waals surface area contributed by atoms with Crippen LogP contribution in [0.5, 0.6) is 5.75 Å². The van der Waals surface area contributed by atoms with E-state index in [0.717, 1.165) is 10.4 Å². The number of rotatable bonds is 6. The average Bonchev–Trinajstić information content (AvgIpc) is 2.86. The molecule has 0 saturated carbocycles. The van der Waals surface area contributed by atoms with E-state index in [1.165, 1.54) is 25.4 Å². The molecule has 0 aliphatic carbocycles. The highest BCUT2D eigenvalue weighted by atomic mass is 32.1. The Morgan fingerprint density at radius 2 is 1.88 bits per heavy atom. The van der Waals surface area contributed by atoms with E-state index in [4.69, 9.17) is 9.47 Å². The lowest BCUT2D eigenvalue weighted by Crippen LogP contribution is -2.21. The van der Waals surface area contributed by atoms with E-state index in [9.17, 15) is 14.4 Å². The maximum absolute atomic E-state index is 12.4. The number of aryl methyl sites for hydroxylation is 1. The van der Waals surface area contributed by atoms with Crippen LogP contribution >= 0.6 is 11.3 Å². The third-order valence-electron chi connectivity index (χ3n) is 3.57. The van der Waals surface area contributed by atoms with Crippen molar-refractivity contribution in [3.8, 4) is 5.75 Å². The highest BCUT2D eigenvalue weighted by Crippen LogP contribution is 2.33. The minimum Gasteiger partial charge on any atom is -0.497 e. The van der Waals surface area contributed by atoms with E-state index in [1.54, 1.807) is 31.2 Å². The molecule has 7 nitrogen and oxygen atoms in total. The molecule has 26 heavy (non-hydrogen) atoms. The van der Waals surface area contributed by atoms with E-state index < -0.39 is 18.5 Å². The predicted octanol–water partition coefficient (Wildman–Crippen LogP) is 3.13. The third kappa shape index (κ3) is 4.82. The Kier molecular flexibility index (Phi) is 6.35. The van der Waals surface area contributed by atoms with Gasteiger partial charge in [-0.25, -0.2) is 4.79 Å². The predicted molar refractivity (Wildman–Crippen MR) is 100 cm³/mol. The van der Waals surface area contributed by atoms with E-state index >= 15 is 0 Å². The number of carbonyl (C=O) groups is 3. The van der Waals surface area contributed by atoms with Crippen molar-refractivity contribution in [2.24, 2.45) is 0 Å². The highest BCUT2D eigenvalue weighted by Gasteiger charge is 2.22. The Bertz CT molecular complexity index is 844. The fourth-order valence-electron chi connectivity index (χ4n) is 2.22. The number of ether oxygens (including phenoxy) is 2. The van der Waals surface area contributed by atoms with Crippen molar-refractivity contribution in [3.05, 3.63) is 40.3 Å². The van der Waals surface area contributed by atoms with Gasteiger partial charge in [-0.15, -0.1) is 11.3 Å². The van der Waals surface area contributed by atoms with Gasteiger partial charge in [-0.2, -0.15) is 0 Å². The van der Waals surface area contributed by atoms with Crippen molar-refractivity contribution in [1.82, 2.24) is 0 Å². The Morgan fingerprint density at radius 3 is 2.54 bits per heavy atom. The standard InChI is InChI=1S/C18H20N2O5S/c1-10-11(2)26-17(19-12(3)21)16(10)18(23)25-9-15(22)20-13-6-5-7-14(8-13)24-4/h5-8H,9H2,1-4H3,(H,19,21)(H,20,22). The van der Waals surface area contributed by atoms with Gasteiger partial charge in [-0.1, -0.05) is 6.07 Å². The lowest BCUT2D eigenvalue weighted by Gasteiger charge is -2.09. The molecule has 138 valence electrons. The number of amides is 2. The normalized spacial score (nSPS) is 10.2. The topological polar surface area (TPSA) is 93.7 Å². The zero-order valence-electron chi connectivity index (χ0n) is 15.0. The first-order valence-electron chi connectivity index (χ1n) is 7.80. The summed E-state index contributed by atoms with van der Waals surface area (Å²) in [4.78, 5) is 36.6. The van der Waals surface area contributed by atoms with Crippen molar-refractivity contribution < 1.29 is 23.9 Å². The Morgan fingerprint density at radius 1 is 1.15 bits per heavy atom. The van der Waals surface area contributed by atoms with Gasteiger partial charge >= 0.3 is 5.97 Å². The maximum Gasteiger partial charge on any atom is 0.341 e. The van der Waals surface area contributed by atoms with E-state index in [-0.39, 0.29) is 11.5 Å². The van der Waals surface area contributed by atoms with Gasteiger partial charge in [0.1, 0.15) is 10.8 Å². The molecular formula is C18H20N2O5S. The van der Waals surface area contributed by atoms with Gasteiger partial charge < -0.3 is 20.1 Å². The highest BCUT2D eigenvalue weighted by molar-refractivity contribution is 7.16. The molecule has 1 aromatic carbocycles. The number of anilines is 2. The number of hydrogen-bond donors (Lipinski definition) is 2. The summed E-state index contributed by atoms with van der Waals surface area (Å²) in [5, 5.41) is 5.67. The SMILES string of the molecule is COc1cccc(NC(=O)COC(=O)c2c(NC(C)=O)sc(C)c2C)c1. The van der Waals surface area contributed by atoms with Gasteiger partial charge in [-0.3, -0.25) is 9.59 Å². The summed E-state index contributed by atoms with van der Waals surface area (Å²) in [5.41, 5.74) is 1.53. The summed E-state index contributed by atoms with van der Waals surface area (Å²) in [6.45, 7) is 4.53. The Labute approximate surface area is 155 Å². The summed E-state index contributed by atoms with van der Waals surface area (Å²) in [6, 6.07) is 6.84. The molecule has 0 aliphatic rings. The van der Waals surface area contributed by atoms with Crippen LogP contribution in [0.25, 0.3) is 0 Å². The van der Waals surface area contributed by atoms with Crippen molar-refractivity contribution in [2.75, 3.05) is 24.4 Å². The molecule has 2 aromatic rings. The van der Waals surface area contributed by atoms with Crippen molar-refractivity contribution in [3.63, 3.8) is 0 Å². The summed E-state index contributed by atoms with van der Waals surface area (Å²) >= 11 is 1.29. The Balaban J connectivity index is 2.02. The fraction of sp³-hybridized carbons (Fsp3) is 0.278. The summed E-state index contributed by atoms with van der Waals surface area (Å²) in [5.74, 6) is -0.811. The number of methoxy groups -OCH3 is 1. The van der Waals surface area contributed by atoms with Crippen LogP contribution in [0, 0.1) is 13.8 Å². The second-order valence-electron chi connectivity index (χ2n) is 5.52. The zero-order valence-corrected chi connectivity index (χ0v) is 15.8. The number of hydrogen-bond acceptors (Lipinski definition) is 6. The molecule has 8 heteroatoms. The molecule has 2 N–H and O–H groups in total. The van der Waals surface area contributed by atoms with Gasteiger partial charge in [0.15, 0.2) is 6.61 Å². The van der Waals surface area contributed by atoms with Crippen molar-refractivity contribution in [2.45, 2.75) is 20.8 Å². The molecule has 0 unspecified atom stereocenters. The molecular weight excluding hydrogens is 356 g/mol. The first-order valence-corrected chi connectivity index (χ1v) is 8.62. The molecule has 2 amide bonds. The second-order valence-corrected chi connectivity index (χ2v) is 6.75. The largest absolute Gasteiger partial charge is 0.497 e. The molecule has 0 atom stereocenters. The Hall–Kier alpha value is -2.87. The smallest absolute Gasteiger partial charge is 0.341 e. The molecule has 2 rings (SSSR count). The van der Waals surface area contributed by atoms with Gasteiger partial charge in [0.05, 0.1) is 12.7 Å². The molecule has 0 radical (unpaired) electrons. The van der Waals surface area contributed by atoms with Crippen LogP contribution in [0.1, 0.15) is 27.7 Å². The average molecular weight is 376 g/mol. The zero-order chi connectivity index (χ0) is 19.3. The van der Waals surface area contributed by atoms with Gasteiger partial charge in [0.25, 0.3) is 5.91 Å². The minimum atomic E-state index is -0.656. The molecule has 0 saturated heterocycles. The van der Waals surface area contributed by atoms with E-state index in [1.807, 2.05) is 6.92 Å². The van der Waals surface area contributed by atoms with Crippen LogP contribution in [0.2, 0.25) is 0 Å². The number of esters is 1. The van der Waals surface area contributed by atoms with Crippen LogP contribution in [0.15, 0.2) is 24.3 Å². The van der Waals surface area contributed by atoms with Crippen LogP contribution in [-0.2, 0) is 14.3 Å². The number of nitrogens with one attached hydrogen (secondary N) is 2. The van der Waals surface area contributed by atoms with Crippen molar-refractivity contribution >= 4 is 39.8 Å². The molecule has 0 bridgehead atoms. The molecule has 0 aliphatic heterocycles. The maximum atomic E-state index is 12.4. The van der Waals surface area contributed by atoms with Crippen LogP contribution < -0.4 is 15.4 Å². The van der Waals surface area contributed by atoms with Gasteiger partial charge in [-0.05, 0) is 31.5 Å². The minimum absolute atomic E-state index is 0.275. The van der Waals surface area contributed by atoms with Crippen LogP contribution in [-0.4, -0.2) is 31.5 Å². The fourth-order valence-corrected chi connectivity index (χ4v) is 3.32. The van der Waals surface area contributed by atoms with Crippen LogP contribution in [0.3, 0.4) is 0 Å².